The summed E-state index contributed by atoms with van der Waals surface area (Å²) in [5, 5.41) is 4.89. The Hall–Kier alpha value is -3.99. The number of pyridine rings is 1. The fourth-order valence-electron chi connectivity index (χ4n) is 3.93. The summed E-state index contributed by atoms with van der Waals surface area (Å²) in [6, 6.07) is 1.27. The number of imidazole rings is 1. The molecule has 40 heavy (non-hydrogen) atoms. The van der Waals surface area contributed by atoms with Crippen molar-refractivity contribution in [3.63, 3.8) is 0 Å². The molecule has 3 aromatic rings. The lowest BCUT2D eigenvalue weighted by Gasteiger charge is -2.30. The Labute approximate surface area is 214 Å². The summed E-state index contributed by atoms with van der Waals surface area (Å²) in [7, 11) is 0. The van der Waals surface area contributed by atoms with Crippen LogP contribution in [0.15, 0.2) is 47.9 Å². The first-order valence-electron chi connectivity index (χ1n) is 10.7. The third-order valence-corrected chi connectivity index (χ3v) is 5.78. The normalized spacial score (nSPS) is 18.6. The van der Waals surface area contributed by atoms with Gasteiger partial charge in [0.15, 0.2) is 0 Å². The molecular weight excluding hydrogens is 580 g/mol. The van der Waals surface area contributed by atoms with Crippen LogP contribution in [0, 0.1) is 0 Å². The predicted octanol–water partition coefficient (Wildman–Crippen LogP) is 6.25. The van der Waals surface area contributed by atoms with Crippen molar-refractivity contribution < 1.29 is 62.3 Å². The van der Waals surface area contributed by atoms with Crippen LogP contribution in [0.4, 0.5) is 52.7 Å². The molecule has 1 atom stereocenters. The number of rotatable bonds is 4. The molecule has 2 aromatic heterocycles. The molecule has 0 saturated carbocycles. The van der Waals surface area contributed by atoms with Gasteiger partial charge >= 0.3 is 24.7 Å². The molecule has 6 nitrogen and oxygen atoms in total. The molecule has 0 radical (unpaired) electrons. The summed E-state index contributed by atoms with van der Waals surface area (Å²) in [5.74, 6) is -1.23. The highest BCUT2D eigenvalue weighted by Gasteiger charge is 2.63. The molecule has 216 valence electrons. The van der Waals surface area contributed by atoms with Crippen LogP contribution in [0.2, 0.25) is 0 Å². The molecular formula is C22H12F12N4O2. The average molecular weight is 592 g/mol. The van der Waals surface area contributed by atoms with E-state index in [2.05, 4.69) is 15.0 Å². The Morgan fingerprint density at radius 2 is 1.52 bits per heavy atom. The van der Waals surface area contributed by atoms with Gasteiger partial charge in [-0.1, -0.05) is 5.16 Å². The molecule has 0 fully saturated rings. The first kappa shape index (κ1) is 29.0. The van der Waals surface area contributed by atoms with E-state index in [0.29, 0.717) is 0 Å². The highest BCUT2D eigenvalue weighted by Crippen LogP contribution is 2.51. The number of nitrogens with one attached hydrogen (secondary N) is 1. The molecule has 4 rings (SSSR count). The number of nitrogens with zero attached hydrogens (tertiary/aromatic N) is 3. The van der Waals surface area contributed by atoms with E-state index < -0.39 is 77.3 Å². The Bertz CT molecular complexity index is 1450. The van der Waals surface area contributed by atoms with Crippen LogP contribution in [0.5, 0.6) is 0 Å². The van der Waals surface area contributed by atoms with Gasteiger partial charge in [0.05, 0.1) is 23.3 Å². The minimum Gasteiger partial charge on any atom is -0.374 e. The minimum absolute atomic E-state index is 0.125. The lowest BCUT2D eigenvalue weighted by atomic mass is 9.84. The summed E-state index contributed by atoms with van der Waals surface area (Å²) in [6.07, 6.45) is -20.5. The number of amides is 1. The highest BCUT2D eigenvalue weighted by atomic mass is 19.4. The van der Waals surface area contributed by atoms with E-state index in [-0.39, 0.29) is 29.4 Å². The molecule has 1 aliphatic rings. The second-order valence-corrected chi connectivity index (χ2v) is 8.48. The van der Waals surface area contributed by atoms with Crippen LogP contribution in [0.25, 0.3) is 5.65 Å². The van der Waals surface area contributed by atoms with Crippen LogP contribution < -0.4 is 5.32 Å². The van der Waals surface area contributed by atoms with Crippen molar-refractivity contribution in [3.05, 3.63) is 70.7 Å². The van der Waals surface area contributed by atoms with Gasteiger partial charge in [0.1, 0.15) is 17.9 Å². The summed E-state index contributed by atoms with van der Waals surface area (Å²) in [5.41, 5.74) is -11.0. The summed E-state index contributed by atoms with van der Waals surface area (Å²) in [4.78, 5) is 20.6. The summed E-state index contributed by atoms with van der Waals surface area (Å²) >= 11 is 0. The maximum atomic E-state index is 14.3. The van der Waals surface area contributed by atoms with E-state index in [1.165, 1.54) is 0 Å². The molecule has 0 aliphatic carbocycles. The fraction of sp³-hybridized carbons (Fsp3) is 0.318. The third-order valence-electron chi connectivity index (χ3n) is 5.78. The topological polar surface area (TPSA) is 68.0 Å². The number of carbonyl (C=O) groups is 1. The first-order chi connectivity index (χ1) is 18.2. The fourth-order valence-corrected chi connectivity index (χ4v) is 3.93. The smallest absolute Gasteiger partial charge is 0.374 e. The predicted molar refractivity (Wildman–Crippen MR) is 110 cm³/mol. The zero-order chi connectivity index (χ0) is 29.9. The van der Waals surface area contributed by atoms with E-state index in [0.717, 1.165) is 28.9 Å². The largest absolute Gasteiger partial charge is 0.435 e. The van der Waals surface area contributed by atoms with Gasteiger partial charge in [0, 0.05) is 23.5 Å². The zero-order valence-corrected chi connectivity index (χ0v) is 19.1. The van der Waals surface area contributed by atoms with Gasteiger partial charge in [0.25, 0.3) is 11.5 Å². The standard InChI is InChI=1S/C22H12F12N4O2/c23-19(24,25)9-36-17(39)15-2-1-13(16-35-3-4-38(15)16)14-8-18(40-37-14,22(32,33)34)10-5-11(20(26,27)28)7-12(6-10)21(29,30)31/h1-7H,8-9H2,(H,36,39). The summed E-state index contributed by atoms with van der Waals surface area (Å²) < 4.78 is 161. The minimum atomic E-state index is -5.59. The number of hydrogen-bond donors (Lipinski definition) is 1. The van der Waals surface area contributed by atoms with Gasteiger partial charge in [-0.25, -0.2) is 4.98 Å². The van der Waals surface area contributed by atoms with Gasteiger partial charge in [-0.3, -0.25) is 9.20 Å². The Kier molecular flexibility index (Phi) is 6.74. The molecule has 3 heterocycles. The molecule has 1 aliphatic heterocycles. The summed E-state index contributed by atoms with van der Waals surface area (Å²) in [6.45, 7) is -1.70. The maximum absolute atomic E-state index is 14.3. The van der Waals surface area contributed by atoms with Crippen LogP contribution >= 0.6 is 0 Å². The van der Waals surface area contributed by atoms with Crippen molar-refractivity contribution in [1.29, 1.82) is 0 Å². The van der Waals surface area contributed by atoms with Crippen LogP contribution in [0.3, 0.4) is 0 Å². The molecule has 0 saturated heterocycles. The highest BCUT2D eigenvalue weighted by molar-refractivity contribution is 6.07. The van der Waals surface area contributed by atoms with Crippen LogP contribution in [0.1, 0.15) is 39.2 Å². The third kappa shape index (κ3) is 5.38. The van der Waals surface area contributed by atoms with Gasteiger partial charge in [-0.2, -0.15) is 52.7 Å². The number of halogens is 12. The average Bonchev–Trinajstić information content (AvgIpc) is 3.48. The maximum Gasteiger partial charge on any atom is 0.435 e. The van der Waals surface area contributed by atoms with E-state index >= 15 is 0 Å². The van der Waals surface area contributed by atoms with Crippen molar-refractivity contribution in [2.24, 2.45) is 5.16 Å². The molecule has 0 spiro atoms. The lowest BCUT2D eigenvalue weighted by molar-refractivity contribution is -0.276. The number of carbonyl (C=O) groups excluding carboxylic acids is 1. The van der Waals surface area contributed by atoms with E-state index in [9.17, 15) is 57.5 Å². The molecule has 0 bridgehead atoms. The van der Waals surface area contributed by atoms with Crippen molar-refractivity contribution in [3.8, 4) is 0 Å². The number of alkyl halides is 12. The number of hydrogen-bond acceptors (Lipinski definition) is 4. The number of benzene rings is 1. The molecule has 1 unspecified atom stereocenters. The lowest BCUT2D eigenvalue weighted by Crippen LogP contribution is -2.43. The number of oxime groups is 1. The SMILES string of the molecule is O=C(NCC(F)(F)F)c1ccc(C2=NOC(c3cc(C(F)(F)F)cc(C(F)(F)F)c3)(C(F)(F)F)C2)c2nccn12. The second kappa shape index (κ2) is 9.29. The van der Waals surface area contributed by atoms with Crippen molar-refractivity contribution in [2.45, 2.75) is 36.7 Å². The number of aromatic nitrogens is 2. The van der Waals surface area contributed by atoms with Crippen molar-refractivity contribution >= 4 is 17.3 Å². The monoisotopic (exact) mass is 592 g/mol. The van der Waals surface area contributed by atoms with Gasteiger partial charge in [0.2, 0.25) is 0 Å². The van der Waals surface area contributed by atoms with Crippen molar-refractivity contribution in [1.82, 2.24) is 14.7 Å². The second-order valence-electron chi connectivity index (χ2n) is 8.48. The Morgan fingerprint density at radius 3 is 2.05 bits per heavy atom. The molecule has 1 N–H and O–H groups in total. The molecule has 1 amide bonds. The van der Waals surface area contributed by atoms with Gasteiger partial charge in [-0.15, -0.1) is 0 Å². The Balaban J connectivity index is 1.78. The quantitative estimate of drug-likeness (QED) is 0.365. The number of fused-ring (bicyclic) bond motifs is 1. The Morgan fingerprint density at radius 1 is 0.925 bits per heavy atom. The molecule has 18 heteroatoms. The van der Waals surface area contributed by atoms with Crippen LogP contribution in [-0.4, -0.2) is 39.9 Å². The first-order valence-corrected chi connectivity index (χ1v) is 10.7. The van der Waals surface area contributed by atoms with E-state index in [1.807, 2.05) is 0 Å². The van der Waals surface area contributed by atoms with Gasteiger partial charge < -0.3 is 10.2 Å². The molecule has 1 aromatic carbocycles. The van der Waals surface area contributed by atoms with Crippen molar-refractivity contribution in [2.75, 3.05) is 6.54 Å². The van der Waals surface area contributed by atoms with E-state index in [4.69, 9.17) is 0 Å². The van der Waals surface area contributed by atoms with Gasteiger partial charge in [-0.05, 0) is 30.3 Å². The van der Waals surface area contributed by atoms with E-state index in [1.54, 1.807) is 5.32 Å². The zero-order valence-electron chi connectivity index (χ0n) is 19.1. The van der Waals surface area contributed by atoms with Crippen LogP contribution in [-0.2, 0) is 22.8 Å².